The molecule has 1 amide bonds. The van der Waals surface area contributed by atoms with Crippen LogP contribution in [0.25, 0.3) is 0 Å². The quantitative estimate of drug-likeness (QED) is 0.708. The maximum atomic E-state index is 11.3. The molecule has 0 aromatic carbocycles. The molecule has 0 saturated heterocycles. The Hall–Kier alpha value is -2.11. The third-order valence-electron chi connectivity index (χ3n) is 2.72. The van der Waals surface area contributed by atoms with E-state index in [9.17, 15) is 9.59 Å². The number of aromatic nitrogens is 1. The summed E-state index contributed by atoms with van der Waals surface area (Å²) in [6.07, 6.45) is 0.323. The van der Waals surface area contributed by atoms with Crippen molar-refractivity contribution >= 4 is 17.7 Å². The molecule has 0 aliphatic carbocycles. The SMILES string of the molecule is CCNC(=O)CCNc1cc(C(=O)O)cc(C(C)C)n1. The monoisotopic (exact) mass is 279 g/mol. The first-order chi connectivity index (χ1) is 9.43. The fourth-order valence-electron chi connectivity index (χ4n) is 1.65. The van der Waals surface area contributed by atoms with E-state index in [1.807, 2.05) is 20.8 Å². The number of carbonyl (C=O) groups excluding carboxylic acids is 1. The minimum Gasteiger partial charge on any atom is -0.478 e. The van der Waals surface area contributed by atoms with Crippen molar-refractivity contribution in [2.45, 2.75) is 33.1 Å². The van der Waals surface area contributed by atoms with Gasteiger partial charge in [0, 0.05) is 25.2 Å². The van der Waals surface area contributed by atoms with Crippen molar-refractivity contribution in [2.75, 3.05) is 18.4 Å². The van der Waals surface area contributed by atoms with Crippen molar-refractivity contribution in [1.82, 2.24) is 10.3 Å². The lowest BCUT2D eigenvalue weighted by atomic mass is 10.1. The van der Waals surface area contributed by atoms with Crippen LogP contribution in [0.15, 0.2) is 12.1 Å². The summed E-state index contributed by atoms with van der Waals surface area (Å²) in [5, 5.41) is 14.8. The third kappa shape index (κ3) is 4.87. The highest BCUT2D eigenvalue weighted by atomic mass is 16.4. The second kappa shape index (κ2) is 7.47. The van der Waals surface area contributed by atoms with Gasteiger partial charge in [-0.1, -0.05) is 13.8 Å². The van der Waals surface area contributed by atoms with Crippen molar-refractivity contribution in [3.05, 3.63) is 23.4 Å². The van der Waals surface area contributed by atoms with Crippen molar-refractivity contribution in [1.29, 1.82) is 0 Å². The Balaban J connectivity index is 2.74. The molecule has 20 heavy (non-hydrogen) atoms. The van der Waals surface area contributed by atoms with Gasteiger partial charge in [0.25, 0.3) is 0 Å². The number of carbonyl (C=O) groups is 2. The van der Waals surface area contributed by atoms with Crippen LogP contribution in [0.5, 0.6) is 0 Å². The molecule has 0 spiro atoms. The van der Waals surface area contributed by atoms with E-state index in [0.717, 1.165) is 0 Å². The minimum atomic E-state index is -0.985. The van der Waals surface area contributed by atoms with Gasteiger partial charge < -0.3 is 15.7 Å². The van der Waals surface area contributed by atoms with Crippen LogP contribution in [0.1, 0.15) is 49.2 Å². The zero-order chi connectivity index (χ0) is 15.1. The summed E-state index contributed by atoms with van der Waals surface area (Å²) in [5.74, 6) is -0.407. The topological polar surface area (TPSA) is 91.3 Å². The maximum Gasteiger partial charge on any atom is 0.335 e. The molecular weight excluding hydrogens is 258 g/mol. The average molecular weight is 279 g/mol. The first kappa shape index (κ1) is 15.9. The van der Waals surface area contributed by atoms with Gasteiger partial charge >= 0.3 is 5.97 Å². The highest BCUT2D eigenvalue weighted by Crippen LogP contribution is 2.17. The first-order valence-corrected chi connectivity index (χ1v) is 6.69. The maximum absolute atomic E-state index is 11.3. The molecule has 1 rings (SSSR count). The van der Waals surface area contributed by atoms with Crippen molar-refractivity contribution in [2.24, 2.45) is 0 Å². The van der Waals surface area contributed by atoms with Crippen LogP contribution in [0.2, 0.25) is 0 Å². The van der Waals surface area contributed by atoms with Gasteiger partial charge in [-0.3, -0.25) is 4.79 Å². The zero-order valence-corrected chi connectivity index (χ0v) is 12.1. The molecule has 6 nitrogen and oxygen atoms in total. The Bertz CT molecular complexity index is 487. The van der Waals surface area contributed by atoms with Gasteiger partial charge in [-0.05, 0) is 25.0 Å². The number of carboxylic acid groups (broad SMARTS) is 1. The number of pyridine rings is 1. The summed E-state index contributed by atoms with van der Waals surface area (Å²) in [6, 6.07) is 3.05. The Labute approximate surface area is 118 Å². The summed E-state index contributed by atoms with van der Waals surface area (Å²) in [7, 11) is 0. The first-order valence-electron chi connectivity index (χ1n) is 6.69. The Morgan fingerprint density at radius 3 is 2.60 bits per heavy atom. The number of carboxylic acids is 1. The number of amides is 1. The molecule has 0 bridgehead atoms. The molecule has 1 heterocycles. The van der Waals surface area contributed by atoms with Gasteiger partial charge in [0.05, 0.1) is 5.56 Å². The molecule has 3 N–H and O–H groups in total. The number of anilines is 1. The molecule has 0 atom stereocenters. The number of hydrogen-bond acceptors (Lipinski definition) is 4. The molecule has 1 aromatic rings. The zero-order valence-electron chi connectivity index (χ0n) is 12.1. The van der Waals surface area contributed by atoms with Crippen LogP contribution in [-0.4, -0.2) is 35.1 Å². The average Bonchev–Trinajstić information content (AvgIpc) is 2.38. The molecular formula is C14H21N3O3. The molecule has 0 saturated carbocycles. The molecule has 0 unspecified atom stereocenters. The number of aromatic carboxylic acids is 1. The van der Waals surface area contributed by atoms with E-state index in [1.54, 1.807) is 6.07 Å². The summed E-state index contributed by atoms with van der Waals surface area (Å²) in [5.41, 5.74) is 0.912. The highest BCUT2D eigenvalue weighted by Gasteiger charge is 2.11. The second-order valence-electron chi connectivity index (χ2n) is 4.76. The predicted molar refractivity (Wildman–Crippen MR) is 77.1 cm³/mol. The lowest BCUT2D eigenvalue weighted by Crippen LogP contribution is -2.25. The number of nitrogens with zero attached hydrogens (tertiary/aromatic N) is 1. The van der Waals surface area contributed by atoms with Crippen molar-refractivity contribution in [3.8, 4) is 0 Å². The van der Waals surface area contributed by atoms with E-state index in [4.69, 9.17) is 5.11 Å². The molecule has 6 heteroatoms. The molecule has 0 radical (unpaired) electrons. The van der Waals surface area contributed by atoms with E-state index < -0.39 is 5.97 Å². The molecule has 1 aromatic heterocycles. The molecule has 0 fully saturated rings. The standard InChI is InChI=1S/C14H21N3O3/c1-4-15-13(18)5-6-16-12-8-10(14(19)20)7-11(17-12)9(2)3/h7-9H,4-6H2,1-3H3,(H,15,18)(H,16,17)(H,19,20). The summed E-state index contributed by atoms with van der Waals surface area (Å²) in [4.78, 5) is 26.7. The Kier molecular flexibility index (Phi) is 5.96. The van der Waals surface area contributed by atoms with Gasteiger partial charge in [-0.2, -0.15) is 0 Å². The van der Waals surface area contributed by atoms with Crippen molar-refractivity contribution in [3.63, 3.8) is 0 Å². The van der Waals surface area contributed by atoms with Crippen LogP contribution in [0, 0.1) is 0 Å². The van der Waals surface area contributed by atoms with Gasteiger partial charge in [-0.15, -0.1) is 0 Å². The minimum absolute atomic E-state index is 0.0431. The number of rotatable bonds is 7. The lowest BCUT2D eigenvalue weighted by Gasteiger charge is -2.11. The Morgan fingerprint density at radius 1 is 1.35 bits per heavy atom. The van der Waals surface area contributed by atoms with E-state index in [1.165, 1.54) is 6.07 Å². The van der Waals surface area contributed by atoms with E-state index in [-0.39, 0.29) is 17.4 Å². The van der Waals surface area contributed by atoms with Gasteiger partial charge in [-0.25, -0.2) is 9.78 Å². The second-order valence-corrected chi connectivity index (χ2v) is 4.76. The van der Waals surface area contributed by atoms with E-state index in [2.05, 4.69) is 15.6 Å². The van der Waals surface area contributed by atoms with Crippen LogP contribution >= 0.6 is 0 Å². The van der Waals surface area contributed by atoms with Gasteiger partial charge in [0.1, 0.15) is 5.82 Å². The molecule has 110 valence electrons. The lowest BCUT2D eigenvalue weighted by molar-refractivity contribution is -0.120. The third-order valence-corrected chi connectivity index (χ3v) is 2.72. The van der Waals surface area contributed by atoms with Gasteiger partial charge in [0.15, 0.2) is 0 Å². The van der Waals surface area contributed by atoms with Crippen LogP contribution < -0.4 is 10.6 Å². The predicted octanol–water partition coefficient (Wildman–Crippen LogP) is 1.84. The fourth-order valence-corrected chi connectivity index (χ4v) is 1.65. The fraction of sp³-hybridized carbons (Fsp3) is 0.500. The number of hydrogen-bond donors (Lipinski definition) is 3. The van der Waals surface area contributed by atoms with Crippen LogP contribution in [0.3, 0.4) is 0 Å². The van der Waals surface area contributed by atoms with Gasteiger partial charge in [0.2, 0.25) is 5.91 Å². The van der Waals surface area contributed by atoms with E-state index >= 15 is 0 Å². The summed E-state index contributed by atoms with van der Waals surface area (Å²) in [6.45, 7) is 6.78. The summed E-state index contributed by atoms with van der Waals surface area (Å²) < 4.78 is 0. The highest BCUT2D eigenvalue weighted by molar-refractivity contribution is 5.88. The summed E-state index contributed by atoms with van der Waals surface area (Å²) >= 11 is 0. The van der Waals surface area contributed by atoms with Crippen molar-refractivity contribution < 1.29 is 14.7 Å². The van der Waals surface area contributed by atoms with Crippen LogP contribution in [0.4, 0.5) is 5.82 Å². The number of nitrogens with one attached hydrogen (secondary N) is 2. The molecule has 0 aliphatic rings. The van der Waals surface area contributed by atoms with E-state index in [0.29, 0.717) is 31.0 Å². The smallest absolute Gasteiger partial charge is 0.335 e. The largest absolute Gasteiger partial charge is 0.478 e. The Morgan fingerprint density at radius 2 is 2.05 bits per heavy atom. The van der Waals surface area contributed by atoms with Crippen LogP contribution in [-0.2, 0) is 4.79 Å². The molecule has 0 aliphatic heterocycles. The normalized spacial score (nSPS) is 10.4.